The number of benzene rings is 1. The van der Waals surface area contributed by atoms with Gasteiger partial charge in [0.05, 0.1) is 42.0 Å². The highest BCUT2D eigenvalue weighted by Crippen LogP contribution is 2.36. The van der Waals surface area contributed by atoms with Gasteiger partial charge in [0.2, 0.25) is 5.95 Å². The molecule has 0 spiro atoms. The van der Waals surface area contributed by atoms with E-state index in [1.54, 1.807) is 23.9 Å². The minimum atomic E-state index is -0.0280. The molecule has 0 aliphatic heterocycles. The number of para-hydroxylation sites is 1. The van der Waals surface area contributed by atoms with E-state index in [9.17, 15) is 0 Å². The number of hydrogen-bond acceptors (Lipinski definition) is 7. The molecule has 164 valence electrons. The molecule has 32 heavy (non-hydrogen) atoms. The normalized spacial score (nSPS) is 11.5. The molecule has 1 aromatic carbocycles. The van der Waals surface area contributed by atoms with Crippen LogP contribution in [0.25, 0.3) is 22.6 Å². The largest absolute Gasteiger partial charge is 0.494 e. The van der Waals surface area contributed by atoms with E-state index in [-0.39, 0.29) is 11.4 Å². The van der Waals surface area contributed by atoms with Crippen molar-refractivity contribution >= 4 is 17.5 Å². The van der Waals surface area contributed by atoms with Crippen molar-refractivity contribution in [3.63, 3.8) is 0 Å². The molecule has 0 unspecified atom stereocenters. The van der Waals surface area contributed by atoms with Gasteiger partial charge in [0, 0.05) is 16.7 Å². The highest BCUT2D eigenvalue weighted by Gasteiger charge is 2.17. The Bertz CT molecular complexity index is 1260. The van der Waals surface area contributed by atoms with Crippen molar-refractivity contribution in [1.82, 2.24) is 29.9 Å². The molecular formula is C23H24ClN7O. The summed E-state index contributed by atoms with van der Waals surface area (Å²) in [5, 5.41) is 9.00. The van der Waals surface area contributed by atoms with Crippen LogP contribution in [0.15, 0.2) is 48.7 Å². The third kappa shape index (κ3) is 4.55. The number of halogens is 1. The fourth-order valence-electron chi connectivity index (χ4n) is 3.30. The van der Waals surface area contributed by atoms with E-state index in [1.165, 1.54) is 0 Å². The second kappa shape index (κ2) is 8.55. The maximum absolute atomic E-state index is 6.26. The molecule has 3 aromatic heterocycles. The molecular weight excluding hydrogens is 426 g/mol. The number of nitrogen functional groups attached to an aromatic ring is 1. The van der Waals surface area contributed by atoms with Gasteiger partial charge in [-0.3, -0.25) is 4.98 Å². The van der Waals surface area contributed by atoms with E-state index in [2.05, 4.69) is 41.1 Å². The zero-order valence-electron chi connectivity index (χ0n) is 18.4. The maximum Gasteiger partial charge on any atom is 0.221 e. The van der Waals surface area contributed by atoms with Gasteiger partial charge < -0.3 is 10.5 Å². The molecule has 0 bridgehead atoms. The standard InChI is InChI=1S/C23H24ClN7O/c1-23(2,3)20-10-5-7-14(26-20)12-31-13-19(29-30-31)18-11-17(27-22(25)28-18)15-8-6-9-16(24)21(15)32-4/h5-11,13H,12H2,1-4H3,(H2,25,27,28). The fourth-order valence-corrected chi connectivity index (χ4v) is 3.55. The molecule has 2 N–H and O–H groups in total. The number of nitrogens with zero attached hydrogens (tertiary/aromatic N) is 6. The number of methoxy groups -OCH3 is 1. The molecule has 0 aliphatic carbocycles. The van der Waals surface area contributed by atoms with Crippen LogP contribution in [0.2, 0.25) is 5.02 Å². The van der Waals surface area contributed by atoms with Crippen molar-refractivity contribution in [2.24, 2.45) is 0 Å². The molecule has 0 saturated carbocycles. The van der Waals surface area contributed by atoms with Gasteiger partial charge in [-0.2, -0.15) is 0 Å². The van der Waals surface area contributed by atoms with Gasteiger partial charge in [-0.25, -0.2) is 14.6 Å². The zero-order valence-corrected chi connectivity index (χ0v) is 19.1. The van der Waals surface area contributed by atoms with E-state index < -0.39 is 0 Å². The highest BCUT2D eigenvalue weighted by atomic mass is 35.5. The number of aromatic nitrogens is 6. The van der Waals surface area contributed by atoms with Crippen molar-refractivity contribution in [1.29, 1.82) is 0 Å². The molecule has 0 aliphatic rings. The summed E-state index contributed by atoms with van der Waals surface area (Å²) in [6, 6.07) is 13.3. The molecule has 4 aromatic rings. The summed E-state index contributed by atoms with van der Waals surface area (Å²) in [6.45, 7) is 6.91. The van der Waals surface area contributed by atoms with Crippen molar-refractivity contribution in [2.75, 3.05) is 12.8 Å². The van der Waals surface area contributed by atoms with E-state index in [1.807, 2.05) is 36.5 Å². The number of nitrogens with two attached hydrogens (primary N) is 1. The lowest BCUT2D eigenvalue weighted by molar-refractivity contribution is 0.416. The van der Waals surface area contributed by atoms with Gasteiger partial charge in [0.25, 0.3) is 0 Å². The predicted molar refractivity (Wildman–Crippen MR) is 124 cm³/mol. The van der Waals surface area contributed by atoms with E-state index >= 15 is 0 Å². The van der Waals surface area contributed by atoms with Crippen LogP contribution in [0.3, 0.4) is 0 Å². The second-order valence-electron chi connectivity index (χ2n) is 8.38. The Hall–Kier alpha value is -3.52. The summed E-state index contributed by atoms with van der Waals surface area (Å²) in [7, 11) is 1.56. The Morgan fingerprint density at radius 2 is 1.75 bits per heavy atom. The first kappa shape index (κ1) is 21.7. The van der Waals surface area contributed by atoms with Crippen LogP contribution in [-0.2, 0) is 12.0 Å². The summed E-state index contributed by atoms with van der Waals surface area (Å²) >= 11 is 6.26. The van der Waals surface area contributed by atoms with Crippen LogP contribution in [0.5, 0.6) is 5.75 Å². The first-order valence-corrected chi connectivity index (χ1v) is 10.5. The maximum atomic E-state index is 6.26. The molecule has 0 radical (unpaired) electrons. The second-order valence-corrected chi connectivity index (χ2v) is 8.79. The molecule has 4 rings (SSSR count). The van der Waals surface area contributed by atoms with Crippen LogP contribution < -0.4 is 10.5 Å². The van der Waals surface area contributed by atoms with Crippen LogP contribution in [-0.4, -0.2) is 37.1 Å². The van der Waals surface area contributed by atoms with E-state index in [0.29, 0.717) is 40.0 Å². The first-order valence-electron chi connectivity index (χ1n) is 10.1. The van der Waals surface area contributed by atoms with E-state index in [0.717, 1.165) is 11.4 Å². The Balaban J connectivity index is 1.65. The summed E-state index contributed by atoms with van der Waals surface area (Å²) in [4.78, 5) is 13.4. The van der Waals surface area contributed by atoms with Crippen LogP contribution in [0, 0.1) is 0 Å². The number of ether oxygens (including phenoxy) is 1. The lowest BCUT2D eigenvalue weighted by atomic mass is 9.91. The third-order valence-corrected chi connectivity index (χ3v) is 5.19. The lowest BCUT2D eigenvalue weighted by Gasteiger charge is -2.18. The smallest absolute Gasteiger partial charge is 0.221 e. The first-order chi connectivity index (χ1) is 15.2. The zero-order chi connectivity index (χ0) is 22.9. The third-order valence-electron chi connectivity index (χ3n) is 4.89. The SMILES string of the molecule is COc1c(Cl)cccc1-c1cc(-c2cn(Cc3cccc(C(C)(C)C)n3)nn2)nc(N)n1. The summed E-state index contributed by atoms with van der Waals surface area (Å²) in [5.41, 5.74) is 10.3. The summed E-state index contributed by atoms with van der Waals surface area (Å²) in [5.74, 6) is 0.639. The molecule has 0 saturated heterocycles. The number of anilines is 1. The number of rotatable bonds is 5. The Kier molecular flexibility index (Phi) is 5.80. The van der Waals surface area contributed by atoms with Crippen LogP contribution in [0.1, 0.15) is 32.2 Å². The minimum Gasteiger partial charge on any atom is -0.494 e. The molecule has 3 heterocycles. The molecule has 0 atom stereocenters. The molecule has 0 amide bonds. The number of pyridine rings is 1. The fraction of sp³-hybridized carbons (Fsp3) is 0.261. The van der Waals surface area contributed by atoms with Crippen molar-refractivity contribution in [2.45, 2.75) is 32.7 Å². The molecule has 0 fully saturated rings. The average molecular weight is 450 g/mol. The van der Waals surface area contributed by atoms with Crippen LogP contribution in [0.4, 0.5) is 5.95 Å². The monoisotopic (exact) mass is 449 g/mol. The minimum absolute atomic E-state index is 0.0280. The van der Waals surface area contributed by atoms with Crippen LogP contribution >= 0.6 is 11.6 Å². The number of hydrogen-bond donors (Lipinski definition) is 1. The van der Waals surface area contributed by atoms with E-state index in [4.69, 9.17) is 27.1 Å². The molecule has 8 nitrogen and oxygen atoms in total. The lowest BCUT2D eigenvalue weighted by Crippen LogP contribution is -2.15. The Labute approximate surface area is 191 Å². The summed E-state index contributed by atoms with van der Waals surface area (Å²) in [6.07, 6.45) is 1.81. The average Bonchev–Trinajstić information content (AvgIpc) is 3.21. The van der Waals surface area contributed by atoms with Gasteiger partial charge in [-0.15, -0.1) is 5.10 Å². The molecule has 9 heteroatoms. The predicted octanol–water partition coefficient (Wildman–Crippen LogP) is 4.39. The van der Waals surface area contributed by atoms with Crippen molar-refractivity contribution in [3.05, 3.63) is 65.1 Å². The van der Waals surface area contributed by atoms with Gasteiger partial charge in [0.1, 0.15) is 11.4 Å². The van der Waals surface area contributed by atoms with Crippen molar-refractivity contribution < 1.29 is 4.74 Å². The Morgan fingerprint density at radius 3 is 2.50 bits per heavy atom. The van der Waals surface area contributed by atoms with Gasteiger partial charge >= 0.3 is 0 Å². The van der Waals surface area contributed by atoms with Gasteiger partial charge in [0.15, 0.2) is 0 Å². The quantitative estimate of drug-likeness (QED) is 0.481. The van der Waals surface area contributed by atoms with Gasteiger partial charge in [-0.1, -0.05) is 49.7 Å². The topological polar surface area (TPSA) is 105 Å². The van der Waals surface area contributed by atoms with Crippen molar-refractivity contribution in [3.8, 4) is 28.4 Å². The Morgan fingerprint density at radius 1 is 1.00 bits per heavy atom. The van der Waals surface area contributed by atoms with Gasteiger partial charge in [-0.05, 0) is 30.3 Å². The highest BCUT2D eigenvalue weighted by molar-refractivity contribution is 6.32. The summed E-state index contributed by atoms with van der Waals surface area (Å²) < 4.78 is 7.17.